The minimum Gasteiger partial charge on any atom is -0.494 e. The van der Waals surface area contributed by atoms with Crippen molar-refractivity contribution in [3.8, 4) is 0 Å². The van der Waals surface area contributed by atoms with Crippen LogP contribution >= 0.6 is 0 Å². The molecule has 0 N–H and O–H groups in total. The third-order valence-corrected chi connectivity index (χ3v) is 0.602. The second-order valence-corrected chi connectivity index (χ2v) is 1.03. The molecule has 0 saturated carbocycles. The summed E-state index contributed by atoms with van der Waals surface area (Å²) in [6.07, 6.45) is 4.63. The fraction of sp³-hybridized carbons (Fsp3) is 0. The fourth-order valence-electron chi connectivity index (χ4n) is 0.309. The van der Waals surface area contributed by atoms with Crippen molar-refractivity contribution in [3.63, 3.8) is 0 Å². The van der Waals surface area contributed by atoms with Gasteiger partial charge < -0.3 is 4.76 Å². The van der Waals surface area contributed by atoms with Crippen molar-refractivity contribution in [1.29, 1.82) is 0 Å². The van der Waals surface area contributed by atoms with Gasteiger partial charge in [0.15, 0.2) is 0 Å². The van der Waals surface area contributed by atoms with Crippen LogP contribution in [0.1, 0.15) is 0 Å². The molecule has 0 saturated heterocycles. The lowest BCUT2D eigenvalue weighted by Gasteiger charge is -1.93. The zero-order valence-corrected chi connectivity index (χ0v) is 3.61. The molecule has 0 spiro atoms. The van der Waals surface area contributed by atoms with Crippen LogP contribution in [0, 0.1) is 0 Å². The standard InChI is InChI=1S/C3H3BN2O/c4-7-6-2-1-5-3-6/h1-3H. The summed E-state index contributed by atoms with van der Waals surface area (Å²) in [5.74, 6) is 0. The first-order chi connectivity index (χ1) is 3.43. The Balaban J connectivity index is 2.76. The van der Waals surface area contributed by atoms with Gasteiger partial charge in [-0.2, -0.15) is 0 Å². The molecule has 1 heterocycles. The first-order valence-electron chi connectivity index (χ1n) is 1.78. The molecule has 0 atom stereocenters. The van der Waals surface area contributed by atoms with E-state index in [4.69, 9.17) is 8.05 Å². The largest absolute Gasteiger partial charge is 0.494 e. The van der Waals surface area contributed by atoms with Gasteiger partial charge in [-0.1, -0.05) is 0 Å². The van der Waals surface area contributed by atoms with E-state index < -0.39 is 0 Å². The van der Waals surface area contributed by atoms with Crippen LogP contribution in [-0.2, 0) is 0 Å². The van der Waals surface area contributed by atoms with Crippen LogP contribution in [0.25, 0.3) is 0 Å². The monoisotopic (exact) mass is 94.0 g/mol. The molecule has 7 heavy (non-hydrogen) atoms. The van der Waals surface area contributed by atoms with E-state index in [1.54, 1.807) is 12.4 Å². The van der Waals surface area contributed by atoms with Crippen molar-refractivity contribution in [3.05, 3.63) is 18.7 Å². The quantitative estimate of drug-likeness (QED) is 0.434. The highest BCUT2D eigenvalue weighted by molar-refractivity contribution is 5.98. The Morgan fingerprint density at radius 2 is 2.57 bits per heavy atom. The molecule has 0 aliphatic carbocycles. The summed E-state index contributed by atoms with van der Waals surface area (Å²) in [5, 5.41) is 0. The first-order valence-corrected chi connectivity index (χ1v) is 1.78. The summed E-state index contributed by atoms with van der Waals surface area (Å²) in [5.41, 5.74) is 0. The Labute approximate surface area is 42.3 Å². The van der Waals surface area contributed by atoms with E-state index in [9.17, 15) is 0 Å². The Kier molecular flexibility index (Phi) is 1.02. The van der Waals surface area contributed by atoms with Gasteiger partial charge in [-0.25, -0.2) is 9.71 Å². The molecule has 0 aliphatic heterocycles. The lowest BCUT2D eigenvalue weighted by Crippen LogP contribution is -2.02. The average Bonchev–Trinajstić information content (AvgIpc) is 2.14. The molecule has 0 bridgehead atoms. The highest BCUT2D eigenvalue weighted by Crippen LogP contribution is 1.74. The van der Waals surface area contributed by atoms with Crippen molar-refractivity contribution < 1.29 is 4.76 Å². The summed E-state index contributed by atoms with van der Waals surface area (Å²) in [6, 6.07) is 0. The number of nitrogens with zero attached hydrogens (tertiary/aromatic N) is 2. The molecule has 0 unspecified atom stereocenters. The normalized spacial score (nSPS) is 8.57. The number of hydrogen-bond acceptors (Lipinski definition) is 2. The molecule has 1 aromatic heterocycles. The highest BCUT2D eigenvalue weighted by Gasteiger charge is 1.77. The van der Waals surface area contributed by atoms with Crippen molar-refractivity contribution in [2.24, 2.45) is 0 Å². The number of rotatable bonds is 1. The van der Waals surface area contributed by atoms with E-state index in [0.29, 0.717) is 0 Å². The van der Waals surface area contributed by atoms with Gasteiger partial charge in [-0.3, -0.25) is 0 Å². The maximum absolute atomic E-state index is 4.72. The fourth-order valence-corrected chi connectivity index (χ4v) is 0.309. The van der Waals surface area contributed by atoms with E-state index in [1.807, 2.05) is 0 Å². The topological polar surface area (TPSA) is 27.1 Å². The smallest absolute Gasteiger partial charge is 0.417 e. The molecular formula is C3H3BN2O. The lowest BCUT2D eigenvalue weighted by molar-refractivity contribution is 0.301. The first kappa shape index (κ1) is 4.24. The maximum Gasteiger partial charge on any atom is 0.417 e. The van der Waals surface area contributed by atoms with Crippen molar-refractivity contribution in [2.45, 2.75) is 0 Å². The predicted molar refractivity (Wildman–Crippen MR) is 24.6 cm³/mol. The summed E-state index contributed by atoms with van der Waals surface area (Å²) in [4.78, 5) is 3.65. The van der Waals surface area contributed by atoms with Crippen molar-refractivity contribution in [2.75, 3.05) is 0 Å². The van der Waals surface area contributed by atoms with Gasteiger partial charge in [-0.15, -0.1) is 0 Å². The van der Waals surface area contributed by atoms with Gasteiger partial charge in [0.1, 0.15) is 6.33 Å². The van der Waals surface area contributed by atoms with E-state index in [0.717, 1.165) is 0 Å². The van der Waals surface area contributed by atoms with Crippen molar-refractivity contribution in [1.82, 2.24) is 9.71 Å². The molecule has 0 aliphatic rings. The number of hydrogen-bond donors (Lipinski definition) is 0. The summed E-state index contributed by atoms with van der Waals surface area (Å²) < 4.78 is 5.50. The zero-order valence-electron chi connectivity index (χ0n) is 3.61. The Hall–Kier alpha value is -0.925. The van der Waals surface area contributed by atoms with Crippen molar-refractivity contribution >= 4 is 8.05 Å². The second kappa shape index (κ2) is 1.68. The highest BCUT2D eigenvalue weighted by atomic mass is 16.6. The van der Waals surface area contributed by atoms with Gasteiger partial charge in [0.05, 0.1) is 6.20 Å². The minimum atomic E-state index is 1.29. The van der Waals surface area contributed by atoms with E-state index in [1.165, 1.54) is 11.1 Å². The molecule has 4 heteroatoms. The Bertz CT molecular complexity index is 127. The molecular weight excluding hydrogens is 90.9 g/mol. The molecule has 0 aromatic carbocycles. The number of imidazole rings is 1. The van der Waals surface area contributed by atoms with Crippen LogP contribution in [-0.4, -0.2) is 17.8 Å². The second-order valence-electron chi connectivity index (χ2n) is 1.03. The van der Waals surface area contributed by atoms with Crippen LogP contribution in [0.2, 0.25) is 0 Å². The van der Waals surface area contributed by atoms with Crippen LogP contribution < -0.4 is 4.76 Å². The van der Waals surface area contributed by atoms with E-state index in [2.05, 4.69) is 9.74 Å². The van der Waals surface area contributed by atoms with Gasteiger partial charge in [-0.05, 0) is 0 Å². The Morgan fingerprint density at radius 1 is 1.71 bits per heavy atom. The average molecular weight is 93.9 g/mol. The minimum absolute atomic E-state index is 1.29. The van der Waals surface area contributed by atoms with E-state index >= 15 is 0 Å². The molecule has 2 radical (unpaired) electrons. The van der Waals surface area contributed by atoms with Gasteiger partial charge in [0.2, 0.25) is 0 Å². The summed E-state index contributed by atoms with van der Waals surface area (Å²) >= 11 is 0. The summed E-state index contributed by atoms with van der Waals surface area (Å²) in [6.45, 7) is 0. The molecule has 34 valence electrons. The third kappa shape index (κ3) is 0.736. The molecule has 1 aromatic rings. The summed E-state index contributed by atoms with van der Waals surface area (Å²) in [7, 11) is 4.72. The predicted octanol–water partition coefficient (Wildman–Crippen LogP) is -0.605. The Morgan fingerprint density at radius 3 is 2.86 bits per heavy atom. The van der Waals surface area contributed by atoms with Gasteiger partial charge in [0.25, 0.3) is 0 Å². The molecule has 0 fully saturated rings. The SMILES string of the molecule is [B]On1ccnc1. The molecule has 1 rings (SSSR count). The third-order valence-electron chi connectivity index (χ3n) is 0.602. The van der Waals surface area contributed by atoms with Gasteiger partial charge in [0, 0.05) is 6.20 Å². The van der Waals surface area contributed by atoms with Crippen LogP contribution in [0.15, 0.2) is 18.7 Å². The zero-order chi connectivity index (χ0) is 5.11. The van der Waals surface area contributed by atoms with Crippen LogP contribution in [0.4, 0.5) is 0 Å². The lowest BCUT2D eigenvalue weighted by atomic mass is 10.6. The number of aromatic nitrogens is 2. The van der Waals surface area contributed by atoms with Crippen LogP contribution in [0.5, 0.6) is 0 Å². The van der Waals surface area contributed by atoms with Crippen LogP contribution in [0.3, 0.4) is 0 Å². The maximum atomic E-state index is 4.72. The van der Waals surface area contributed by atoms with E-state index in [-0.39, 0.29) is 0 Å². The molecule has 0 amide bonds. The molecule has 3 nitrogen and oxygen atoms in total. The van der Waals surface area contributed by atoms with Gasteiger partial charge >= 0.3 is 8.05 Å².